The van der Waals surface area contributed by atoms with E-state index in [9.17, 15) is 8.42 Å². The van der Waals surface area contributed by atoms with Gasteiger partial charge in [0.15, 0.2) is 0 Å². The third-order valence-electron chi connectivity index (χ3n) is 3.85. The third-order valence-corrected chi connectivity index (χ3v) is 5.04. The molecule has 0 aliphatic carbocycles. The molecule has 0 radical (unpaired) electrons. The molecule has 0 saturated heterocycles. The zero-order valence-electron chi connectivity index (χ0n) is 15.7. The molecule has 0 saturated carbocycles. The fraction of sp³-hybridized carbons (Fsp3) is 0.944. The fourth-order valence-electron chi connectivity index (χ4n) is 2.61. The van der Waals surface area contributed by atoms with E-state index in [0.29, 0.717) is 5.92 Å². The molecule has 0 bridgehead atoms. The van der Waals surface area contributed by atoms with Crippen LogP contribution in [0.4, 0.5) is 0 Å². The number of sulfonamides is 1. The Morgan fingerprint density at radius 2 is 1.39 bits per heavy atom. The van der Waals surface area contributed by atoms with Gasteiger partial charge in [-0.15, -0.1) is 0 Å². The Bertz CT molecular complexity index is 403. The zero-order valence-corrected chi connectivity index (χ0v) is 16.6. The lowest BCUT2D eigenvalue weighted by Crippen LogP contribution is -2.23. The molecule has 23 heavy (non-hydrogen) atoms. The van der Waals surface area contributed by atoms with E-state index in [0.717, 1.165) is 31.4 Å². The van der Waals surface area contributed by atoms with Crippen molar-refractivity contribution in [1.29, 1.82) is 0 Å². The van der Waals surface area contributed by atoms with Crippen molar-refractivity contribution < 1.29 is 8.42 Å². The largest absolute Gasteiger partial charge is 0.247 e. The van der Waals surface area contributed by atoms with Crippen molar-refractivity contribution in [1.82, 2.24) is 4.83 Å². The Hall–Kier alpha value is -0.580. The summed E-state index contributed by atoms with van der Waals surface area (Å²) < 4.78 is 23.7. The maximum atomic E-state index is 11.8. The molecule has 0 aromatic rings. The van der Waals surface area contributed by atoms with Crippen LogP contribution in [0.25, 0.3) is 0 Å². The number of unbranched alkanes of at least 4 members (excludes halogenated alkanes) is 9. The summed E-state index contributed by atoms with van der Waals surface area (Å²) in [5.74, 6) is 0.673. The number of rotatable bonds is 15. The first kappa shape index (κ1) is 22.4. The summed E-state index contributed by atoms with van der Waals surface area (Å²) in [5.41, 5.74) is 0.839. The Morgan fingerprint density at radius 1 is 0.913 bits per heavy atom. The monoisotopic (exact) mass is 346 g/mol. The Balaban J connectivity index is 3.63. The highest BCUT2D eigenvalue weighted by molar-refractivity contribution is 7.89. The van der Waals surface area contributed by atoms with Gasteiger partial charge >= 0.3 is 0 Å². The molecule has 1 N–H and O–H groups in total. The van der Waals surface area contributed by atoms with Crippen LogP contribution >= 0.6 is 0 Å². The van der Waals surface area contributed by atoms with Crippen molar-refractivity contribution in [3.05, 3.63) is 0 Å². The molecule has 0 rings (SSSR count). The lowest BCUT2D eigenvalue weighted by molar-refractivity contribution is 0.555. The van der Waals surface area contributed by atoms with E-state index in [-0.39, 0.29) is 5.75 Å². The van der Waals surface area contributed by atoms with Crippen LogP contribution in [0.5, 0.6) is 0 Å². The minimum atomic E-state index is -3.26. The summed E-state index contributed by atoms with van der Waals surface area (Å²) >= 11 is 0. The highest BCUT2D eigenvalue weighted by Crippen LogP contribution is 2.10. The van der Waals surface area contributed by atoms with E-state index in [1.807, 2.05) is 6.92 Å². The average Bonchev–Trinajstić information content (AvgIpc) is 2.46. The molecule has 0 fully saturated rings. The smallest absolute Gasteiger partial charge is 0.205 e. The van der Waals surface area contributed by atoms with Crippen LogP contribution in [0, 0.1) is 5.92 Å². The highest BCUT2D eigenvalue weighted by Gasteiger charge is 2.08. The minimum Gasteiger partial charge on any atom is -0.205 e. The van der Waals surface area contributed by atoms with E-state index in [1.165, 1.54) is 44.9 Å². The van der Waals surface area contributed by atoms with Crippen LogP contribution in [0.3, 0.4) is 0 Å². The van der Waals surface area contributed by atoms with Crippen LogP contribution in [0.1, 0.15) is 98.3 Å². The highest BCUT2D eigenvalue weighted by atomic mass is 32.2. The second-order valence-electron chi connectivity index (χ2n) is 7.04. The molecule has 0 aliphatic heterocycles. The van der Waals surface area contributed by atoms with E-state index in [2.05, 4.69) is 30.7 Å². The van der Waals surface area contributed by atoms with Crippen LogP contribution in [-0.2, 0) is 10.0 Å². The van der Waals surface area contributed by atoms with Gasteiger partial charge in [-0.05, 0) is 25.7 Å². The second kappa shape index (κ2) is 13.8. The molecule has 138 valence electrons. The van der Waals surface area contributed by atoms with Crippen molar-refractivity contribution in [2.24, 2.45) is 11.0 Å². The van der Waals surface area contributed by atoms with E-state index in [1.54, 1.807) is 0 Å². The van der Waals surface area contributed by atoms with Gasteiger partial charge in [-0.3, -0.25) is 0 Å². The molecule has 0 aromatic heterocycles. The van der Waals surface area contributed by atoms with Crippen LogP contribution in [0.15, 0.2) is 5.10 Å². The van der Waals surface area contributed by atoms with Crippen molar-refractivity contribution in [3.63, 3.8) is 0 Å². The number of nitrogens with one attached hydrogen (secondary N) is 1. The molecule has 0 spiro atoms. The Kier molecular flexibility index (Phi) is 13.5. The summed E-state index contributed by atoms with van der Waals surface area (Å²) in [7, 11) is -3.26. The topological polar surface area (TPSA) is 58.5 Å². The lowest BCUT2D eigenvalue weighted by Gasteiger charge is -2.07. The number of hydrazone groups is 1. The summed E-state index contributed by atoms with van der Waals surface area (Å²) in [6, 6.07) is 0. The number of hydrogen-bond acceptors (Lipinski definition) is 3. The SMILES string of the molecule is CCCCCCCCCCCCS(=O)(=O)NN=C(C)CC(C)C. The molecule has 5 heteroatoms. The van der Waals surface area contributed by atoms with E-state index in [4.69, 9.17) is 0 Å². The molecule has 0 atom stereocenters. The third kappa shape index (κ3) is 16.1. The summed E-state index contributed by atoms with van der Waals surface area (Å²) in [6.45, 7) is 8.29. The van der Waals surface area contributed by atoms with Crippen LogP contribution < -0.4 is 4.83 Å². The fourth-order valence-corrected chi connectivity index (χ4v) is 3.58. The molecule has 0 unspecified atom stereocenters. The maximum absolute atomic E-state index is 11.8. The van der Waals surface area contributed by atoms with Gasteiger partial charge in [0.25, 0.3) is 0 Å². The summed E-state index contributed by atoms with van der Waals surface area (Å²) in [4.78, 5) is 2.36. The van der Waals surface area contributed by atoms with Gasteiger partial charge < -0.3 is 0 Å². The minimum absolute atomic E-state index is 0.182. The van der Waals surface area contributed by atoms with E-state index >= 15 is 0 Å². The maximum Gasteiger partial charge on any atom is 0.247 e. The normalized spacial score (nSPS) is 12.8. The molecule has 0 aliphatic rings. The molecule has 0 aromatic carbocycles. The van der Waals surface area contributed by atoms with Crippen LogP contribution in [-0.4, -0.2) is 19.9 Å². The average molecular weight is 347 g/mol. The van der Waals surface area contributed by atoms with E-state index < -0.39 is 10.0 Å². The Morgan fingerprint density at radius 3 is 1.87 bits per heavy atom. The first-order chi connectivity index (χ1) is 10.9. The van der Waals surface area contributed by atoms with Crippen molar-refractivity contribution in [3.8, 4) is 0 Å². The molecule has 4 nitrogen and oxygen atoms in total. The lowest BCUT2D eigenvalue weighted by atomic mass is 10.1. The van der Waals surface area contributed by atoms with Crippen molar-refractivity contribution >= 4 is 15.7 Å². The number of nitrogens with zero attached hydrogens (tertiary/aromatic N) is 1. The number of hydrogen-bond donors (Lipinski definition) is 1. The van der Waals surface area contributed by atoms with Crippen molar-refractivity contribution in [2.75, 3.05) is 5.75 Å². The van der Waals surface area contributed by atoms with Gasteiger partial charge in [-0.2, -0.15) is 5.10 Å². The predicted molar refractivity (Wildman–Crippen MR) is 101 cm³/mol. The van der Waals surface area contributed by atoms with Crippen LogP contribution in [0.2, 0.25) is 0 Å². The predicted octanol–water partition coefficient (Wildman–Crippen LogP) is 5.25. The Labute approximate surface area is 144 Å². The summed E-state index contributed by atoms with van der Waals surface area (Å²) in [5, 5.41) is 3.98. The van der Waals surface area contributed by atoms with Gasteiger partial charge in [-0.25, -0.2) is 13.2 Å². The molecule has 0 amide bonds. The first-order valence-corrected chi connectivity index (χ1v) is 11.0. The quantitative estimate of drug-likeness (QED) is 0.250. The van der Waals surface area contributed by atoms with Gasteiger partial charge in [0.2, 0.25) is 10.0 Å². The van der Waals surface area contributed by atoms with Gasteiger partial charge in [0.05, 0.1) is 5.75 Å². The molecule has 0 heterocycles. The van der Waals surface area contributed by atoms with Crippen molar-refractivity contribution in [2.45, 2.75) is 98.3 Å². The summed E-state index contributed by atoms with van der Waals surface area (Å²) in [6.07, 6.45) is 12.9. The van der Waals surface area contributed by atoms with Gasteiger partial charge in [-0.1, -0.05) is 78.6 Å². The standard InChI is InChI=1S/C18H38N2O2S/c1-5-6-7-8-9-10-11-12-13-14-15-23(21,22)20-19-18(4)16-17(2)3/h17,20H,5-16H2,1-4H3. The first-order valence-electron chi connectivity index (χ1n) is 9.40. The molecular formula is C18H38N2O2S. The van der Waals surface area contributed by atoms with Gasteiger partial charge in [0.1, 0.15) is 0 Å². The van der Waals surface area contributed by atoms with Gasteiger partial charge in [0, 0.05) is 5.71 Å². The second-order valence-corrected chi connectivity index (χ2v) is 8.86. The molecular weight excluding hydrogens is 308 g/mol. The zero-order chi connectivity index (χ0) is 17.6.